The molecule has 0 unspecified atom stereocenters. The van der Waals surface area contributed by atoms with Crippen LogP contribution in [0.4, 0.5) is 0 Å². The molecule has 0 atom stereocenters. The molecule has 0 spiro atoms. The third-order valence-electron chi connectivity index (χ3n) is 3.17. The van der Waals surface area contributed by atoms with Crippen LogP contribution < -0.4 is 5.73 Å². The zero-order chi connectivity index (χ0) is 10.1. The van der Waals surface area contributed by atoms with Crippen molar-refractivity contribution < 1.29 is 0 Å². The van der Waals surface area contributed by atoms with Gasteiger partial charge in [0, 0.05) is 16.8 Å². The molecule has 2 rings (SSSR count). The summed E-state index contributed by atoms with van der Waals surface area (Å²) in [7, 11) is 0. The quantitative estimate of drug-likeness (QED) is 0.774. The normalized spacial score (nSPS) is 27.9. The average Bonchev–Trinajstić information content (AvgIpc) is 2.48. The molecule has 1 heterocycles. The lowest BCUT2D eigenvalue weighted by atomic mass is 9.87. The van der Waals surface area contributed by atoms with Gasteiger partial charge in [0.05, 0.1) is 10.7 Å². The Hall–Kier alpha value is -0.410. The molecule has 2 N–H and O–H groups in total. The van der Waals surface area contributed by atoms with Crippen LogP contribution in [0.25, 0.3) is 0 Å². The van der Waals surface area contributed by atoms with Crippen LogP contribution in [0.5, 0.6) is 0 Å². The second-order valence-electron chi connectivity index (χ2n) is 4.31. The Kier molecular flexibility index (Phi) is 2.88. The molecule has 0 bridgehead atoms. The second-order valence-corrected chi connectivity index (χ2v) is 5.54. The van der Waals surface area contributed by atoms with E-state index in [1.165, 1.54) is 41.3 Å². The van der Waals surface area contributed by atoms with E-state index in [0.717, 1.165) is 0 Å². The molecule has 1 aliphatic carbocycles. The Bertz CT molecular complexity index is 292. The van der Waals surface area contributed by atoms with Gasteiger partial charge in [0.2, 0.25) is 0 Å². The molecular weight excluding hydrogens is 192 g/mol. The van der Waals surface area contributed by atoms with Gasteiger partial charge in [-0.1, -0.05) is 0 Å². The highest BCUT2D eigenvalue weighted by atomic mass is 32.1. The SMILES string of the molecule is Cc1nc(C2CCC(N)CC2)sc1C. The highest BCUT2D eigenvalue weighted by Gasteiger charge is 2.22. The van der Waals surface area contributed by atoms with Crippen molar-refractivity contribution in [3.8, 4) is 0 Å². The van der Waals surface area contributed by atoms with Gasteiger partial charge >= 0.3 is 0 Å². The van der Waals surface area contributed by atoms with Gasteiger partial charge in [-0.15, -0.1) is 11.3 Å². The summed E-state index contributed by atoms with van der Waals surface area (Å²) in [5.74, 6) is 0.687. The molecule has 0 aromatic carbocycles. The third-order valence-corrected chi connectivity index (χ3v) is 4.40. The minimum Gasteiger partial charge on any atom is -0.328 e. The number of hydrogen-bond acceptors (Lipinski definition) is 3. The molecule has 0 amide bonds. The average molecular weight is 210 g/mol. The Morgan fingerprint density at radius 2 is 1.86 bits per heavy atom. The monoisotopic (exact) mass is 210 g/mol. The summed E-state index contributed by atoms with van der Waals surface area (Å²) in [6, 6.07) is 0.438. The molecule has 1 aromatic rings. The highest BCUT2D eigenvalue weighted by Crippen LogP contribution is 2.35. The van der Waals surface area contributed by atoms with E-state index < -0.39 is 0 Å². The van der Waals surface area contributed by atoms with Crippen molar-refractivity contribution in [3.63, 3.8) is 0 Å². The Balaban J connectivity index is 2.08. The van der Waals surface area contributed by atoms with Crippen LogP contribution in [0.2, 0.25) is 0 Å². The van der Waals surface area contributed by atoms with Gasteiger partial charge in [-0.25, -0.2) is 4.98 Å². The third kappa shape index (κ3) is 1.98. The second kappa shape index (κ2) is 3.99. The summed E-state index contributed by atoms with van der Waals surface area (Å²) >= 11 is 1.87. The number of nitrogens with two attached hydrogens (primary N) is 1. The summed E-state index contributed by atoms with van der Waals surface area (Å²) in [5.41, 5.74) is 7.10. The van der Waals surface area contributed by atoms with E-state index in [4.69, 9.17) is 5.73 Å². The van der Waals surface area contributed by atoms with Crippen molar-refractivity contribution in [2.24, 2.45) is 5.73 Å². The first kappa shape index (κ1) is 10.1. The van der Waals surface area contributed by atoms with Crippen LogP contribution in [0.15, 0.2) is 0 Å². The Morgan fingerprint density at radius 1 is 1.21 bits per heavy atom. The molecule has 3 heteroatoms. The van der Waals surface area contributed by atoms with Crippen molar-refractivity contribution >= 4 is 11.3 Å². The lowest BCUT2D eigenvalue weighted by Crippen LogP contribution is -2.25. The fourth-order valence-electron chi connectivity index (χ4n) is 2.04. The molecule has 78 valence electrons. The van der Waals surface area contributed by atoms with E-state index in [1.807, 2.05) is 11.3 Å². The molecular formula is C11H18N2S. The predicted octanol–water partition coefficient (Wildman–Crippen LogP) is 2.74. The molecule has 1 saturated carbocycles. The molecule has 2 nitrogen and oxygen atoms in total. The predicted molar refractivity (Wildman–Crippen MR) is 60.8 cm³/mol. The van der Waals surface area contributed by atoms with Crippen molar-refractivity contribution in [3.05, 3.63) is 15.6 Å². The lowest BCUT2D eigenvalue weighted by molar-refractivity contribution is 0.394. The van der Waals surface area contributed by atoms with Crippen LogP contribution in [-0.4, -0.2) is 11.0 Å². The summed E-state index contributed by atoms with van der Waals surface area (Å²) in [6.45, 7) is 4.26. The number of aryl methyl sites for hydroxylation is 2. The first-order chi connectivity index (χ1) is 6.66. The lowest BCUT2D eigenvalue weighted by Gasteiger charge is -2.24. The van der Waals surface area contributed by atoms with Crippen LogP contribution in [0, 0.1) is 13.8 Å². The summed E-state index contributed by atoms with van der Waals surface area (Å²) in [5, 5.41) is 1.34. The van der Waals surface area contributed by atoms with Gasteiger partial charge in [0.1, 0.15) is 0 Å². The molecule has 0 saturated heterocycles. The zero-order valence-corrected chi connectivity index (χ0v) is 9.73. The molecule has 1 aromatic heterocycles. The number of hydrogen-bond donors (Lipinski definition) is 1. The van der Waals surface area contributed by atoms with E-state index in [-0.39, 0.29) is 0 Å². The maximum Gasteiger partial charge on any atom is 0.0961 e. The van der Waals surface area contributed by atoms with Crippen LogP contribution in [0.1, 0.15) is 47.2 Å². The fraction of sp³-hybridized carbons (Fsp3) is 0.727. The van der Waals surface area contributed by atoms with Gasteiger partial charge < -0.3 is 5.73 Å². The van der Waals surface area contributed by atoms with Gasteiger partial charge in [0.25, 0.3) is 0 Å². The van der Waals surface area contributed by atoms with Crippen LogP contribution >= 0.6 is 11.3 Å². The van der Waals surface area contributed by atoms with Crippen molar-refractivity contribution in [1.29, 1.82) is 0 Å². The van der Waals surface area contributed by atoms with Crippen LogP contribution in [0.3, 0.4) is 0 Å². The topological polar surface area (TPSA) is 38.9 Å². The zero-order valence-electron chi connectivity index (χ0n) is 8.92. The van der Waals surface area contributed by atoms with Crippen LogP contribution in [-0.2, 0) is 0 Å². The van der Waals surface area contributed by atoms with E-state index in [0.29, 0.717) is 12.0 Å². The summed E-state index contributed by atoms with van der Waals surface area (Å²) in [6.07, 6.45) is 4.80. The van der Waals surface area contributed by atoms with E-state index in [1.54, 1.807) is 0 Å². The smallest absolute Gasteiger partial charge is 0.0961 e. The Morgan fingerprint density at radius 3 is 2.36 bits per heavy atom. The standard InChI is InChI=1S/C11H18N2S/c1-7-8(2)14-11(13-7)9-3-5-10(12)6-4-9/h9-10H,3-6,12H2,1-2H3. The number of nitrogens with zero attached hydrogens (tertiary/aromatic N) is 1. The highest BCUT2D eigenvalue weighted by molar-refractivity contribution is 7.11. The van der Waals surface area contributed by atoms with Crippen molar-refractivity contribution in [2.45, 2.75) is 51.5 Å². The number of rotatable bonds is 1. The number of aromatic nitrogens is 1. The molecule has 0 aliphatic heterocycles. The summed E-state index contributed by atoms with van der Waals surface area (Å²) in [4.78, 5) is 6.01. The maximum absolute atomic E-state index is 5.89. The first-order valence-corrected chi connectivity index (χ1v) is 6.18. The largest absolute Gasteiger partial charge is 0.328 e. The number of thiazole rings is 1. The van der Waals surface area contributed by atoms with Crippen molar-refractivity contribution in [1.82, 2.24) is 4.98 Å². The van der Waals surface area contributed by atoms with E-state index >= 15 is 0 Å². The maximum atomic E-state index is 5.89. The van der Waals surface area contributed by atoms with Gasteiger partial charge in [0.15, 0.2) is 0 Å². The molecule has 14 heavy (non-hydrogen) atoms. The fourth-order valence-corrected chi connectivity index (χ4v) is 3.13. The Labute approximate surface area is 89.5 Å². The minimum absolute atomic E-state index is 0.438. The van der Waals surface area contributed by atoms with E-state index in [9.17, 15) is 0 Å². The molecule has 1 fully saturated rings. The molecule has 0 radical (unpaired) electrons. The van der Waals surface area contributed by atoms with Crippen molar-refractivity contribution in [2.75, 3.05) is 0 Å². The summed E-state index contributed by atoms with van der Waals surface area (Å²) < 4.78 is 0. The van der Waals surface area contributed by atoms with Gasteiger partial charge in [-0.05, 0) is 39.5 Å². The van der Waals surface area contributed by atoms with Gasteiger partial charge in [-0.3, -0.25) is 0 Å². The van der Waals surface area contributed by atoms with Gasteiger partial charge in [-0.2, -0.15) is 0 Å². The minimum atomic E-state index is 0.438. The van der Waals surface area contributed by atoms with E-state index in [2.05, 4.69) is 18.8 Å². The first-order valence-electron chi connectivity index (χ1n) is 5.36. The molecule has 1 aliphatic rings.